The largest absolute Gasteiger partial charge is 0.0683 e. The highest BCUT2D eigenvalue weighted by Crippen LogP contribution is 2.52. The van der Waals surface area contributed by atoms with Crippen LogP contribution in [-0.4, -0.2) is 0 Å². The lowest BCUT2D eigenvalue weighted by Gasteiger charge is -2.21. The molecule has 0 N–H and O–H groups in total. The molecule has 52 heavy (non-hydrogen) atoms. The minimum atomic E-state index is 0.0544. The van der Waals surface area contributed by atoms with Gasteiger partial charge >= 0.3 is 0 Å². The van der Waals surface area contributed by atoms with Crippen LogP contribution in [0.3, 0.4) is 0 Å². The van der Waals surface area contributed by atoms with E-state index in [1.165, 1.54) is 88.3 Å². The normalized spacial score (nSPS) is 13.9. The standard InChI is InChI=1S/2C25H20.C2H6/c1-25(2)22-12-6-5-10-21(22)24-20(11-7-13-23(24)25)19-15-14-17-8-3-4-9-18(17)16-19;1-25(2)23-10-6-5-9-21(23)22-16-20(13-14-24(22)25)19-12-11-17-7-3-4-8-18(17)15-19;1-2/h2*3-16H,1-2H3;1-2H3. The molecule has 0 fully saturated rings. The number of hydrogen-bond donors (Lipinski definition) is 0. The summed E-state index contributed by atoms with van der Waals surface area (Å²) in [5.74, 6) is 0. The van der Waals surface area contributed by atoms with Crippen LogP contribution in [0.15, 0.2) is 170 Å². The summed E-state index contributed by atoms with van der Waals surface area (Å²) in [4.78, 5) is 0. The minimum Gasteiger partial charge on any atom is -0.0683 e. The molecule has 10 rings (SSSR count). The maximum Gasteiger partial charge on any atom is 0.0159 e. The third-order valence-corrected chi connectivity index (χ3v) is 11.3. The van der Waals surface area contributed by atoms with E-state index in [9.17, 15) is 0 Å². The van der Waals surface area contributed by atoms with Crippen LogP contribution in [0.1, 0.15) is 63.8 Å². The van der Waals surface area contributed by atoms with E-state index in [1.807, 2.05) is 13.8 Å². The molecular weight excluding hydrogens is 625 g/mol. The number of hydrogen-bond acceptors (Lipinski definition) is 0. The predicted octanol–water partition coefficient (Wildman–Crippen LogP) is 14.7. The Morgan fingerprint density at radius 1 is 0.288 bits per heavy atom. The molecule has 8 aromatic rings. The number of fused-ring (bicyclic) bond motifs is 8. The van der Waals surface area contributed by atoms with E-state index in [1.54, 1.807) is 0 Å². The van der Waals surface area contributed by atoms with Crippen LogP contribution in [0.5, 0.6) is 0 Å². The highest BCUT2D eigenvalue weighted by Gasteiger charge is 2.37. The van der Waals surface area contributed by atoms with E-state index < -0.39 is 0 Å². The fourth-order valence-corrected chi connectivity index (χ4v) is 8.62. The molecule has 0 nitrogen and oxygen atoms in total. The van der Waals surface area contributed by atoms with Gasteiger partial charge in [-0.25, -0.2) is 0 Å². The first-order valence-corrected chi connectivity index (χ1v) is 18.8. The molecule has 0 amide bonds. The van der Waals surface area contributed by atoms with Crippen molar-refractivity contribution in [3.63, 3.8) is 0 Å². The molecule has 8 aromatic carbocycles. The van der Waals surface area contributed by atoms with E-state index in [0.717, 1.165) is 0 Å². The van der Waals surface area contributed by atoms with Crippen LogP contribution in [0.2, 0.25) is 0 Å². The highest BCUT2D eigenvalue weighted by molar-refractivity contribution is 5.96. The van der Waals surface area contributed by atoms with Gasteiger partial charge < -0.3 is 0 Å². The van der Waals surface area contributed by atoms with E-state index in [0.29, 0.717) is 0 Å². The molecule has 0 aliphatic heterocycles. The first-order chi connectivity index (χ1) is 25.3. The third kappa shape index (κ3) is 5.46. The molecule has 0 atom stereocenters. The van der Waals surface area contributed by atoms with Crippen molar-refractivity contribution >= 4 is 21.5 Å². The monoisotopic (exact) mass is 670 g/mol. The van der Waals surface area contributed by atoms with Crippen molar-refractivity contribution < 1.29 is 0 Å². The van der Waals surface area contributed by atoms with E-state index >= 15 is 0 Å². The van der Waals surface area contributed by atoms with Gasteiger partial charge in [0.15, 0.2) is 0 Å². The Balaban J connectivity index is 0.000000142. The highest BCUT2D eigenvalue weighted by atomic mass is 14.4. The topological polar surface area (TPSA) is 0 Å². The predicted molar refractivity (Wildman–Crippen MR) is 225 cm³/mol. The van der Waals surface area contributed by atoms with Gasteiger partial charge in [0.25, 0.3) is 0 Å². The van der Waals surface area contributed by atoms with Crippen molar-refractivity contribution in [2.45, 2.75) is 52.4 Å². The van der Waals surface area contributed by atoms with Crippen LogP contribution in [0.25, 0.3) is 66.1 Å². The summed E-state index contributed by atoms with van der Waals surface area (Å²) in [5.41, 5.74) is 16.6. The second-order valence-electron chi connectivity index (χ2n) is 15.0. The quantitative estimate of drug-likeness (QED) is 0.172. The van der Waals surface area contributed by atoms with Crippen LogP contribution in [-0.2, 0) is 10.8 Å². The maximum absolute atomic E-state index is 2.37. The molecule has 0 saturated heterocycles. The first-order valence-electron chi connectivity index (χ1n) is 18.8. The zero-order chi connectivity index (χ0) is 36.0. The molecule has 0 radical (unpaired) electrons. The van der Waals surface area contributed by atoms with Crippen molar-refractivity contribution in [2.75, 3.05) is 0 Å². The van der Waals surface area contributed by atoms with Crippen molar-refractivity contribution in [3.8, 4) is 44.5 Å². The summed E-state index contributed by atoms with van der Waals surface area (Å²) in [6, 6.07) is 62.1. The number of rotatable bonds is 2. The SMILES string of the molecule is CC.CC1(C)c2ccccc2-c2c(-c3ccc4ccccc4c3)cccc21.CC1(C)c2ccccc2-c2cc(-c3ccc4ccccc4c3)ccc21. The van der Waals surface area contributed by atoms with Crippen LogP contribution < -0.4 is 0 Å². The summed E-state index contributed by atoms with van der Waals surface area (Å²) in [6.07, 6.45) is 0. The van der Waals surface area contributed by atoms with Gasteiger partial charge in [-0.15, -0.1) is 0 Å². The Morgan fingerprint density at radius 3 is 1.38 bits per heavy atom. The van der Waals surface area contributed by atoms with Gasteiger partial charge in [0, 0.05) is 10.8 Å². The molecule has 0 unspecified atom stereocenters. The van der Waals surface area contributed by atoms with Crippen LogP contribution in [0.4, 0.5) is 0 Å². The van der Waals surface area contributed by atoms with Gasteiger partial charge in [-0.3, -0.25) is 0 Å². The molecule has 0 bridgehead atoms. The smallest absolute Gasteiger partial charge is 0.0159 e. The zero-order valence-corrected chi connectivity index (χ0v) is 31.2. The Kier molecular flexibility index (Phi) is 8.43. The molecule has 0 spiro atoms. The van der Waals surface area contributed by atoms with Gasteiger partial charge in [-0.1, -0.05) is 193 Å². The lowest BCUT2D eigenvalue weighted by atomic mass is 9.82. The summed E-state index contributed by atoms with van der Waals surface area (Å²) < 4.78 is 0. The van der Waals surface area contributed by atoms with Crippen molar-refractivity contribution in [1.29, 1.82) is 0 Å². The van der Waals surface area contributed by atoms with E-state index in [4.69, 9.17) is 0 Å². The van der Waals surface area contributed by atoms with Crippen molar-refractivity contribution in [2.24, 2.45) is 0 Å². The van der Waals surface area contributed by atoms with Crippen LogP contribution in [0, 0.1) is 0 Å². The summed E-state index contributed by atoms with van der Waals surface area (Å²) in [5, 5.41) is 5.17. The summed E-state index contributed by atoms with van der Waals surface area (Å²) in [7, 11) is 0. The average molecular weight is 671 g/mol. The first kappa shape index (κ1) is 33.4. The van der Waals surface area contributed by atoms with Crippen LogP contribution >= 0.6 is 0 Å². The van der Waals surface area contributed by atoms with Gasteiger partial charge in [-0.05, 0) is 107 Å². The fourth-order valence-electron chi connectivity index (χ4n) is 8.62. The van der Waals surface area contributed by atoms with Gasteiger partial charge in [0.2, 0.25) is 0 Å². The fraction of sp³-hybridized carbons (Fsp3) is 0.154. The average Bonchev–Trinajstić information content (AvgIpc) is 3.58. The Labute approximate surface area is 309 Å². The molecular formula is C52H46. The molecule has 254 valence electrons. The van der Waals surface area contributed by atoms with E-state index in [2.05, 4.69) is 198 Å². The van der Waals surface area contributed by atoms with Crippen molar-refractivity contribution in [3.05, 3.63) is 192 Å². The second kappa shape index (κ2) is 13.1. The second-order valence-corrected chi connectivity index (χ2v) is 15.0. The van der Waals surface area contributed by atoms with Gasteiger partial charge in [0.1, 0.15) is 0 Å². The molecule has 0 saturated carbocycles. The molecule has 2 aliphatic rings. The Bertz CT molecular complexity index is 2600. The van der Waals surface area contributed by atoms with Gasteiger partial charge in [-0.2, -0.15) is 0 Å². The van der Waals surface area contributed by atoms with Crippen molar-refractivity contribution in [1.82, 2.24) is 0 Å². The Hall–Kier alpha value is -5.72. The summed E-state index contributed by atoms with van der Waals surface area (Å²) >= 11 is 0. The maximum atomic E-state index is 2.37. The molecule has 0 aromatic heterocycles. The summed E-state index contributed by atoms with van der Waals surface area (Å²) in [6.45, 7) is 13.3. The lowest BCUT2D eigenvalue weighted by Crippen LogP contribution is -2.14. The Morgan fingerprint density at radius 2 is 0.712 bits per heavy atom. The molecule has 0 heterocycles. The number of benzene rings is 8. The molecule has 0 heteroatoms. The van der Waals surface area contributed by atoms with Gasteiger partial charge in [0.05, 0.1) is 0 Å². The third-order valence-electron chi connectivity index (χ3n) is 11.3. The lowest BCUT2D eigenvalue weighted by molar-refractivity contribution is 0.660. The van der Waals surface area contributed by atoms with E-state index in [-0.39, 0.29) is 10.8 Å². The zero-order valence-electron chi connectivity index (χ0n) is 31.2. The molecule has 2 aliphatic carbocycles. The minimum absolute atomic E-state index is 0.0544.